The van der Waals surface area contributed by atoms with Gasteiger partial charge in [0.25, 0.3) is 0 Å². The van der Waals surface area contributed by atoms with Crippen LogP contribution in [-0.4, -0.2) is 86.8 Å². The predicted octanol–water partition coefficient (Wildman–Crippen LogP) is 4.51. The van der Waals surface area contributed by atoms with E-state index in [9.17, 15) is 23.9 Å². The molecule has 0 unspecified atom stereocenters. The molecule has 268 valence electrons. The normalized spacial score (nSPS) is 15.8. The van der Waals surface area contributed by atoms with E-state index in [1.54, 1.807) is 19.2 Å². The van der Waals surface area contributed by atoms with Gasteiger partial charge in [-0.25, -0.2) is 19.6 Å². The molecule has 0 aliphatic heterocycles. The second kappa shape index (κ2) is 16.8. The van der Waals surface area contributed by atoms with Crippen molar-refractivity contribution >= 4 is 48.8 Å². The second-order valence-electron chi connectivity index (χ2n) is 11.1. The molecule has 0 saturated heterocycles. The van der Waals surface area contributed by atoms with Crippen molar-refractivity contribution in [3.63, 3.8) is 0 Å². The lowest BCUT2D eigenvalue weighted by Gasteiger charge is -2.32. The standard InChI is InChI=1S/C29H38N5O13PS/c1-40-19-10-12-22(13-11-19)49-25-23-24(32-26(30)33-25)34(16-31-23)14-15-43-29(48(37,38)39,44-17-41-27(35)46-20-6-2-3-7-20)45-18-42-28(36)47-21-8-4-5-9-21/h10-13,16,20-21H,2-9,14-15,17-18H2,1H3,(H2,30,32,33)(H2,37,38,39). The van der Waals surface area contributed by atoms with Crippen molar-refractivity contribution in [3.8, 4) is 5.75 Å². The quantitative estimate of drug-likeness (QED) is 0.0796. The summed E-state index contributed by atoms with van der Waals surface area (Å²) in [6.45, 7) is -2.64. The number of nitrogens with two attached hydrogens (primary N) is 1. The van der Waals surface area contributed by atoms with E-state index in [0.717, 1.165) is 30.6 Å². The number of hydrogen-bond donors (Lipinski definition) is 3. The fourth-order valence-electron chi connectivity index (χ4n) is 5.23. The predicted molar refractivity (Wildman–Crippen MR) is 169 cm³/mol. The minimum Gasteiger partial charge on any atom is -0.497 e. The molecule has 0 amide bonds. The Labute approximate surface area is 285 Å². The molecule has 1 aromatic carbocycles. The number of methoxy groups -OCH3 is 1. The lowest BCUT2D eigenvalue weighted by molar-refractivity contribution is -0.365. The Kier molecular flexibility index (Phi) is 12.5. The highest BCUT2D eigenvalue weighted by molar-refractivity contribution is 7.99. The molecule has 0 bridgehead atoms. The number of rotatable bonds is 16. The van der Waals surface area contributed by atoms with Crippen LogP contribution in [0.2, 0.25) is 0 Å². The summed E-state index contributed by atoms with van der Waals surface area (Å²) in [6, 6.07) is 7.28. The van der Waals surface area contributed by atoms with Crippen molar-refractivity contribution in [1.29, 1.82) is 0 Å². The molecule has 49 heavy (non-hydrogen) atoms. The van der Waals surface area contributed by atoms with Crippen LogP contribution in [0.5, 0.6) is 5.75 Å². The first-order valence-corrected chi connectivity index (χ1v) is 17.9. The third-order valence-electron chi connectivity index (χ3n) is 7.66. The summed E-state index contributed by atoms with van der Waals surface area (Å²) >= 11 is 1.30. The molecule has 0 spiro atoms. The average Bonchev–Trinajstić information content (AvgIpc) is 3.84. The molecule has 2 aromatic heterocycles. The van der Waals surface area contributed by atoms with E-state index in [2.05, 4.69) is 15.0 Å². The summed E-state index contributed by atoms with van der Waals surface area (Å²) in [6.07, 6.45) is 4.83. The number of ether oxygens (including phenoxy) is 8. The minimum absolute atomic E-state index is 0.0364. The molecule has 2 saturated carbocycles. The summed E-state index contributed by atoms with van der Waals surface area (Å²) in [7, 11) is -3.95. The number of benzene rings is 1. The van der Waals surface area contributed by atoms with Crippen LogP contribution in [0.3, 0.4) is 0 Å². The van der Waals surface area contributed by atoms with Crippen LogP contribution in [-0.2, 0) is 44.3 Å². The lowest BCUT2D eigenvalue weighted by atomic mass is 10.3. The summed E-state index contributed by atoms with van der Waals surface area (Å²) in [5.74, 6) is 0.650. The van der Waals surface area contributed by atoms with Gasteiger partial charge in [0.05, 0.1) is 20.0 Å². The van der Waals surface area contributed by atoms with Crippen LogP contribution in [0.15, 0.2) is 40.5 Å². The number of hydrogen-bond acceptors (Lipinski definition) is 16. The SMILES string of the molecule is COc1ccc(Sc2nc(N)nc3c2ncn3CCOC(OCOC(=O)OC2CCCC2)(OCOC(=O)OC2CCCC2)P(=O)(O)O)cc1. The number of imidazole rings is 1. The second-order valence-corrected chi connectivity index (χ2v) is 13.8. The van der Waals surface area contributed by atoms with Crippen molar-refractivity contribution in [1.82, 2.24) is 19.5 Å². The highest BCUT2D eigenvalue weighted by Gasteiger charge is 2.53. The van der Waals surface area contributed by atoms with Gasteiger partial charge in [-0.2, -0.15) is 4.98 Å². The molecule has 2 aliphatic carbocycles. The Morgan fingerprint density at radius 1 is 0.939 bits per heavy atom. The maximum Gasteiger partial charge on any atom is 0.510 e. The van der Waals surface area contributed by atoms with Crippen molar-refractivity contribution in [2.45, 2.75) is 85.8 Å². The van der Waals surface area contributed by atoms with Gasteiger partial charge in [-0.1, -0.05) is 11.8 Å². The van der Waals surface area contributed by atoms with Gasteiger partial charge in [0.15, 0.2) is 5.65 Å². The Bertz CT molecular complexity index is 1570. The van der Waals surface area contributed by atoms with Crippen LogP contribution in [0.4, 0.5) is 15.5 Å². The van der Waals surface area contributed by atoms with Crippen molar-refractivity contribution in [2.24, 2.45) is 0 Å². The summed E-state index contributed by atoms with van der Waals surface area (Å²) in [5, 5.41) is 0.465. The topological polar surface area (TPSA) is 235 Å². The molecule has 18 nitrogen and oxygen atoms in total. The maximum atomic E-state index is 12.8. The fraction of sp³-hybridized carbons (Fsp3) is 0.552. The highest BCUT2D eigenvalue weighted by atomic mass is 32.2. The molecule has 5 rings (SSSR count). The van der Waals surface area contributed by atoms with Crippen LogP contribution in [0, 0.1) is 0 Å². The number of carbonyl (C=O) groups excluding carboxylic acids is 2. The van der Waals surface area contributed by atoms with Gasteiger partial charge in [0.1, 0.15) is 28.5 Å². The van der Waals surface area contributed by atoms with Gasteiger partial charge >= 0.3 is 25.6 Å². The molecular weight excluding hydrogens is 689 g/mol. The first-order chi connectivity index (χ1) is 23.5. The van der Waals surface area contributed by atoms with E-state index < -0.39 is 45.8 Å². The van der Waals surface area contributed by atoms with Crippen LogP contribution in [0.25, 0.3) is 11.2 Å². The zero-order valence-electron chi connectivity index (χ0n) is 26.6. The fourth-order valence-corrected chi connectivity index (χ4v) is 6.81. The molecule has 2 heterocycles. The molecule has 0 atom stereocenters. The zero-order valence-corrected chi connectivity index (χ0v) is 28.3. The van der Waals surface area contributed by atoms with Gasteiger partial charge in [0, 0.05) is 11.4 Å². The Hall–Kier alpha value is -3.71. The highest BCUT2D eigenvalue weighted by Crippen LogP contribution is 2.53. The largest absolute Gasteiger partial charge is 0.510 e. The average molecular weight is 728 g/mol. The van der Waals surface area contributed by atoms with E-state index in [1.165, 1.54) is 22.7 Å². The number of fused-ring (bicyclic) bond motifs is 1. The van der Waals surface area contributed by atoms with E-state index in [-0.39, 0.29) is 24.7 Å². The monoisotopic (exact) mass is 727 g/mol. The van der Waals surface area contributed by atoms with Crippen LogP contribution >= 0.6 is 19.4 Å². The summed E-state index contributed by atoms with van der Waals surface area (Å²) < 4.78 is 55.6. The van der Waals surface area contributed by atoms with Gasteiger partial charge in [-0.05, 0) is 75.6 Å². The summed E-state index contributed by atoms with van der Waals surface area (Å²) in [4.78, 5) is 58.8. The summed E-state index contributed by atoms with van der Waals surface area (Å²) in [5.41, 5.74) is 3.54. The van der Waals surface area contributed by atoms with Gasteiger partial charge in [-0.3, -0.25) is 14.0 Å². The third-order valence-corrected chi connectivity index (χ3v) is 9.75. The minimum atomic E-state index is -5.51. The number of nitrogen functional groups attached to an aromatic ring is 1. The van der Waals surface area contributed by atoms with E-state index in [4.69, 9.17) is 43.6 Å². The number of carbonyl (C=O) groups is 2. The van der Waals surface area contributed by atoms with Gasteiger partial charge in [-0.15, -0.1) is 0 Å². The van der Waals surface area contributed by atoms with E-state index in [0.29, 0.717) is 47.6 Å². The maximum absolute atomic E-state index is 12.8. The van der Waals surface area contributed by atoms with Crippen LogP contribution in [0.1, 0.15) is 51.4 Å². The zero-order chi connectivity index (χ0) is 34.9. The number of aromatic nitrogens is 4. The number of anilines is 1. The Morgan fingerprint density at radius 2 is 1.51 bits per heavy atom. The molecule has 3 aromatic rings. The number of nitrogens with zero attached hydrogens (tertiary/aromatic N) is 4. The van der Waals surface area contributed by atoms with Crippen molar-refractivity contribution in [3.05, 3.63) is 30.6 Å². The van der Waals surface area contributed by atoms with E-state index in [1.807, 2.05) is 12.1 Å². The van der Waals surface area contributed by atoms with E-state index >= 15 is 0 Å². The Balaban J connectivity index is 1.27. The third kappa shape index (κ3) is 9.94. The van der Waals surface area contributed by atoms with Crippen molar-refractivity contribution in [2.75, 3.05) is 33.0 Å². The van der Waals surface area contributed by atoms with Crippen molar-refractivity contribution < 1.29 is 61.8 Å². The van der Waals surface area contributed by atoms with Gasteiger partial charge in [0.2, 0.25) is 19.5 Å². The molecular formula is C29H38N5O13PS. The molecule has 2 aliphatic rings. The van der Waals surface area contributed by atoms with Gasteiger partial charge < -0.3 is 48.5 Å². The smallest absolute Gasteiger partial charge is 0.497 e. The molecule has 20 heteroatoms. The first-order valence-electron chi connectivity index (χ1n) is 15.5. The molecule has 4 N–H and O–H groups in total. The molecule has 2 fully saturated rings. The molecule has 0 radical (unpaired) electrons. The lowest BCUT2D eigenvalue weighted by Crippen LogP contribution is -2.42. The van der Waals surface area contributed by atoms with Crippen LogP contribution < -0.4 is 10.5 Å². The first kappa shape index (κ1) is 36.6. The Morgan fingerprint density at radius 3 is 2.04 bits per heavy atom.